The van der Waals surface area contributed by atoms with Crippen LogP contribution < -0.4 is 10.6 Å². The van der Waals surface area contributed by atoms with Crippen LogP contribution in [-0.2, 0) is 16.1 Å². The Hall–Kier alpha value is -2.82. The summed E-state index contributed by atoms with van der Waals surface area (Å²) >= 11 is 0. The predicted octanol–water partition coefficient (Wildman–Crippen LogP) is 4.37. The summed E-state index contributed by atoms with van der Waals surface area (Å²) in [5.41, 5.74) is 3.93. The van der Waals surface area contributed by atoms with E-state index in [1.54, 1.807) is 0 Å². The molecule has 1 aliphatic heterocycles. The van der Waals surface area contributed by atoms with E-state index < -0.39 is 0 Å². The number of likely N-dealkylation sites (tertiary alicyclic amines) is 1. The molecule has 1 atom stereocenters. The van der Waals surface area contributed by atoms with Crippen molar-refractivity contribution >= 4 is 23.2 Å². The van der Waals surface area contributed by atoms with Crippen molar-refractivity contribution in [1.29, 1.82) is 0 Å². The van der Waals surface area contributed by atoms with Crippen molar-refractivity contribution in [1.82, 2.24) is 4.90 Å². The number of hydrogen-bond acceptors (Lipinski definition) is 3. The van der Waals surface area contributed by atoms with Gasteiger partial charge in [0.15, 0.2) is 0 Å². The minimum Gasteiger partial charge on any atom is -0.374 e. The summed E-state index contributed by atoms with van der Waals surface area (Å²) in [6.45, 7) is 7.53. The fraction of sp³-hybridized carbons (Fsp3) is 0.391. The fourth-order valence-corrected chi connectivity index (χ4v) is 3.52. The highest BCUT2D eigenvalue weighted by atomic mass is 16.2. The minimum atomic E-state index is -0.385. The Balaban J connectivity index is 1.63. The molecule has 2 aromatic rings. The lowest BCUT2D eigenvalue weighted by atomic mass is 10.0. The molecule has 1 saturated heterocycles. The summed E-state index contributed by atoms with van der Waals surface area (Å²) < 4.78 is 0. The standard InChI is InChI=1S/C23H29N3O2/c1-16(2)20-10-4-5-11-21(20)25-23(28)17(3)24-19-9-6-8-18(14-19)15-26-13-7-12-22(26)27/h4-6,8-11,14,16-17,24H,7,12-13,15H2,1-3H3,(H,25,28)/t17-/m1/s1. The maximum atomic E-state index is 12.7. The average Bonchev–Trinajstić information content (AvgIpc) is 3.07. The van der Waals surface area contributed by atoms with E-state index in [-0.39, 0.29) is 17.9 Å². The summed E-state index contributed by atoms with van der Waals surface area (Å²) in [4.78, 5) is 26.4. The van der Waals surface area contributed by atoms with Gasteiger partial charge in [0.1, 0.15) is 6.04 Å². The largest absolute Gasteiger partial charge is 0.374 e. The molecule has 2 N–H and O–H groups in total. The molecule has 5 heteroatoms. The molecule has 148 valence electrons. The van der Waals surface area contributed by atoms with Crippen LogP contribution in [-0.4, -0.2) is 29.3 Å². The number of anilines is 2. The zero-order valence-corrected chi connectivity index (χ0v) is 16.9. The molecule has 0 aromatic heterocycles. The van der Waals surface area contributed by atoms with E-state index >= 15 is 0 Å². The average molecular weight is 380 g/mol. The van der Waals surface area contributed by atoms with Crippen LogP contribution in [0.25, 0.3) is 0 Å². The highest BCUT2D eigenvalue weighted by Crippen LogP contribution is 2.24. The van der Waals surface area contributed by atoms with Gasteiger partial charge in [0.2, 0.25) is 11.8 Å². The van der Waals surface area contributed by atoms with E-state index in [1.807, 2.05) is 60.4 Å². The van der Waals surface area contributed by atoms with Gasteiger partial charge in [0, 0.05) is 30.9 Å². The van der Waals surface area contributed by atoms with Gasteiger partial charge in [0.05, 0.1) is 0 Å². The zero-order valence-electron chi connectivity index (χ0n) is 16.9. The van der Waals surface area contributed by atoms with Crippen molar-refractivity contribution < 1.29 is 9.59 Å². The first-order chi connectivity index (χ1) is 13.4. The number of rotatable bonds is 7. The van der Waals surface area contributed by atoms with Crippen LogP contribution in [0.2, 0.25) is 0 Å². The van der Waals surface area contributed by atoms with Crippen LogP contribution in [0, 0.1) is 0 Å². The second-order valence-electron chi connectivity index (χ2n) is 7.72. The highest BCUT2D eigenvalue weighted by Gasteiger charge is 2.20. The smallest absolute Gasteiger partial charge is 0.246 e. The molecule has 1 aliphatic rings. The van der Waals surface area contributed by atoms with Crippen LogP contribution >= 0.6 is 0 Å². The zero-order chi connectivity index (χ0) is 20.1. The second-order valence-corrected chi connectivity index (χ2v) is 7.72. The molecule has 0 radical (unpaired) electrons. The molecule has 1 heterocycles. The van der Waals surface area contributed by atoms with E-state index in [0.717, 1.165) is 35.5 Å². The first-order valence-electron chi connectivity index (χ1n) is 9.97. The Morgan fingerprint density at radius 1 is 1.11 bits per heavy atom. The van der Waals surface area contributed by atoms with Crippen LogP contribution in [0.5, 0.6) is 0 Å². The molecular formula is C23H29N3O2. The van der Waals surface area contributed by atoms with Gasteiger partial charge in [-0.15, -0.1) is 0 Å². The molecule has 0 aliphatic carbocycles. The third-order valence-corrected chi connectivity index (χ3v) is 5.09. The summed E-state index contributed by atoms with van der Waals surface area (Å²) in [5, 5.41) is 6.31. The van der Waals surface area contributed by atoms with Gasteiger partial charge in [0.25, 0.3) is 0 Å². The first kappa shape index (κ1) is 19.9. The number of nitrogens with zero attached hydrogens (tertiary/aromatic N) is 1. The second kappa shape index (κ2) is 8.91. The summed E-state index contributed by atoms with van der Waals surface area (Å²) in [5.74, 6) is 0.480. The summed E-state index contributed by atoms with van der Waals surface area (Å²) in [7, 11) is 0. The first-order valence-corrected chi connectivity index (χ1v) is 9.97. The van der Waals surface area contributed by atoms with E-state index in [2.05, 4.69) is 24.5 Å². The van der Waals surface area contributed by atoms with Crippen molar-refractivity contribution in [2.75, 3.05) is 17.2 Å². The third kappa shape index (κ3) is 4.91. The Labute approximate surface area is 167 Å². The predicted molar refractivity (Wildman–Crippen MR) is 113 cm³/mol. The monoisotopic (exact) mass is 379 g/mol. The SMILES string of the molecule is CC(C)c1ccccc1NC(=O)[C@@H](C)Nc1cccc(CN2CCCC2=O)c1. The summed E-state index contributed by atoms with van der Waals surface area (Å²) in [6, 6.07) is 15.4. The van der Waals surface area contributed by atoms with Crippen molar-refractivity contribution in [3.63, 3.8) is 0 Å². The molecule has 0 saturated carbocycles. The van der Waals surface area contributed by atoms with Crippen LogP contribution in [0.1, 0.15) is 50.7 Å². The number of carbonyl (C=O) groups is 2. The number of hydrogen-bond donors (Lipinski definition) is 2. The van der Waals surface area contributed by atoms with Crippen LogP contribution in [0.15, 0.2) is 48.5 Å². The van der Waals surface area contributed by atoms with E-state index in [9.17, 15) is 9.59 Å². The van der Waals surface area contributed by atoms with Crippen molar-refractivity contribution in [3.8, 4) is 0 Å². The molecule has 28 heavy (non-hydrogen) atoms. The topological polar surface area (TPSA) is 61.4 Å². The molecule has 0 unspecified atom stereocenters. The maximum Gasteiger partial charge on any atom is 0.246 e. The van der Waals surface area contributed by atoms with Crippen molar-refractivity contribution in [3.05, 3.63) is 59.7 Å². The maximum absolute atomic E-state index is 12.7. The quantitative estimate of drug-likeness (QED) is 0.751. The van der Waals surface area contributed by atoms with Gasteiger partial charge >= 0.3 is 0 Å². The molecule has 1 fully saturated rings. The number of amides is 2. The minimum absolute atomic E-state index is 0.0757. The molecule has 2 amide bonds. The van der Waals surface area contributed by atoms with E-state index in [4.69, 9.17) is 0 Å². The molecule has 3 rings (SSSR count). The Kier molecular flexibility index (Phi) is 6.34. The van der Waals surface area contributed by atoms with Gasteiger partial charge in [-0.25, -0.2) is 0 Å². The Bertz CT molecular complexity index is 847. The molecule has 2 aromatic carbocycles. The van der Waals surface area contributed by atoms with Crippen molar-refractivity contribution in [2.45, 2.75) is 52.1 Å². The normalized spacial score (nSPS) is 15.0. The molecule has 0 spiro atoms. The Morgan fingerprint density at radius 3 is 2.61 bits per heavy atom. The van der Waals surface area contributed by atoms with Gasteiger partial charge in [-0.3, -0.25) is 9.59 Å². The van der Waals surface area contributed by atoms with Gasteiger partial charge in [-0.05, 0) is 48.6 Å². The van der Waals surface area contributed by atoms with Gasteiger partial charge in [-0.2, -0.15) is 0 Å². The molecule has 0 bridgehead atoms. The summed E-state index contributed by atoms with van der Waals surface area (Å²) in [6.07, 6.45) is 1.58. The van der Waals surface area contributed by atoms with Gasteiger partial charge in [-0.1, -0.05) is 44.2 Å². The van der Waals surface area contributed by atoms with E-state index in [1.165, 1.54) is 0 Å². The number of nitrogens with one attached hydrogen (secondary N) is 2. The lowest BCUT2D eigenvalue weighted by Gasteiger charge is -2.19. The molecule has 5 nitrogen and oxygen atoms in total. The van der Waals surface area contributed by atoms with Gasteiger partial charge < -0.3 is 15.5 Å². The van der Waals surface area contributed by atoms with E-state index in [0.29, 0.717) is 18.9 Å². The Morgan fingerprint density at radius 2 is 1.89 bits per heavy atom. The highest BCUT2D eigenvalue weighted by molar-refractivity contribution is 5.97. The lowest BCUT2D eigenvalue weighted by molar-refractivity contribution is -0.128. The fourth-order valence-electron chi connectivity index (χ4n) is 3.52. The van der Waals surface area contributed by atoms with Crippen molar-refractivity contribution in [2.24, 2.45) is 0 Å². The number of para-hydroxylation sites is 1. The third-order valence-electron chi connectivity index (χ3n) is 5.09. The number of benzene rings is 2. The van der Waals surface area contributed by atoms with Crippen LogP contribution in [0.3, 0.4) is 0 Å². The number of carbonyl (C=O) groups excluding carboxylic acids is 2. The molecular weight excluding hydrogens is 350 g/mol. The van der Waals surface area contributed by atoms with Crippen LogP contribution in [0.4, 0.5) is 11.4 Å². The lowest BCUT2D eigenvalue weighted by Crippen LogP contribution is -2.32.